The molecule has 5 atom stereocenters. The van der Waals surface area contributed by atoms with Crippen LogP contribution in [-0.4, -0.2) is 53.0 Å². The molecular weight excluding hydrogens is 584 g/mol. The highest BCUT2D eigenvalue weighted by Crippen LogP contribution is 2.40. The standard InChI is InChI=1S/C37H56N2O7/c1-8-12-26-19-28(45-7)17-18-32(26)38-31(14-11-9-10-13-25-15-16-25)24(3)46-29-20-27(23(2)30(22-29)35(41)42)21-33(40)34(37(4,5)6)39-36(43)44/h17-19,23,25,27,29-30,34,39H,3,8-16,20-22H2,1-2,4-7H3,(H,41,42)(H,43,44). The summed E-state index contributed by atoms with van der Waals surface area (Å²) in [6.45, 7) is 13.7. The molecule has 5 unspecified atom stereocenters. The predicted octanol–water partition coefficient (Wildman–Crippen LogP) is 8.37. The second-order valence-corrected chi connectivity index (χ2v) is 14.5. The minimum absolute atomic E-state index is 0.0632. The highest BCUT2D eigenvalue weighted by Gasteiger charge is 2.43. The van der Waals surface area contributed by atoms with Crippen LogP contribution >= 0.6 is 0 Å². The molecule has 9 nitrogen and oxygen atoms in total. The summed E-state index contributed by atoms with van der Waals surface area (Å²) in [5, 5.41) is 21.9. The Morgan fingerprint density at radius 1 is 1.11 bits per heavy atom. The minimum atomic E-state index is -1.26. The third-order valence-electron chi connectivity index (χ3n) is 9.61. The Labute approximate surface area is 275 Å². The maximum atomic E-state index is 13.4. The summed E-state index contributed by atoms with van der Waals surface area (Å²) < 4.78 is 11.9. The van der Waals surface area contributed by atoms with Crippen molar-refractivity contribution in [3.8, 4) is 5.75 Å². The maximum absolute atomic E-state index is 13.4. The quantitative estimate of drug-likeness (QED) is 0.0833. The lowest BCUT2D eigenvalue weighted by atomic mass is 9.68. The molecule has 1 aromatic rings. The molecule has 46 heavy (non-hydrogen) atoms. The summed E-state index contributed by atoms with van der Waals surface area (Å²) in [6, 6.07) is 4.98. The molecule has 2 aliphatic rings. The number of Topliss-reactive ketones (excluding diaryl/α,β-unsaturated/α-hetero) is 1. The van der Waals surface area contributed by atoms with Gasteiger partial charge in [0.2, 0.25) is 0 Å². The third kappa shape index (κ3) is 11.2. The number of ketones is 1. The van der Waals surface area contributed by atoms with Crippen molar-refractivity contribution in [2.75, 3.05) is 7.11 Å². The number of hydrogen-bond donors (Lipinski definition) is 3. The van der Waals surface area contributed by atoms with Crippen molar-refractivity contribution < 1.29 is 34.1 Å². The Kier molecular flexibility index (Phi) is 13.7. The first-order chi connectivity index (χ1) is 21.7. The van der Waals surface area contributed by atoms with E-state index in [1.165, 1.54) is 25.7 Å². The van der Waals surface area contributed by atoms with Crippen molar-refractivity contribution >= 4 is 29.2 Å². The number of ether oxygens (including phenoxy) is 2. The number of carbonyl (C=O) groups is 3. The fourth-order valence-electron chi connectivity index (χ4n) is 6.69. The highest BCUT2D eigenvalue weighted by atomic mass is 16.5. The van der Waals surface area contributed by atoms with Crippen molar-refractivity contribution in [2.24, 2.45) is 34.1 Å². The van der Waals surface area contributed by atoms with E-state index in [0.717, 1.165) is 54.3 Å². The van der Waals surface area contributed by atoms with Crippen LogP contribution in [0.5, 0.6) is 5.75 Å². The molecule has 1 amide bonds. The van der Waals surface area contributed by atoms with Crippen molar-refractivity contribution in [3.05, 3.63) is 36.1 Å². The summed E-state index contributed by atoms with van der Waals surface area (Å²) in [7, 11) is 1.65. The Morgan fingerprint density at radius 2 is 1.83 bits per heavy atom. The molecule has 1 aromatic carbocycles. The summed E-state index contributed by atoms with van der Waals surface area (Å²) >= 11 is 0. The van der Waals surface area contributed by atoms with Crippen LogP contribution in [0.15, 0.2) is 35.5 Å². The van der Waals surface area contributed by atoms with E-state index >= 15 is 0 Å². The van der Waals surface area contributed by atoms with E-state index < -0.39 is 35.5 Å². The molecular formula is C37H56N2O7. The highest BCUT2D eigenvalue weighted by molar-refractivity contribution is 5.99. The fraction of sp³-hybridized carbons (Fsp3) is 0.676. The summed E-state index contributed by atoms with van der Waals surface area (Å²) in [4.78, 5) is 42.4. The molecule has 2 aliphatic carbocycles. The second kappa shape index (κ2) is 17.0. The molecule has 2 saturated carbocycles. The number of unbranched alkanes of at least 4 members (excludes halogenated alkanes) is 2. The lowest BCUT2D eigenvalue weighted by molar-refractivity contribution is -0.149. The van der Waals surface area contributed by atoms with Gasteiger partial charge in [0.25, 0.3) is 0 Å². The Hall–Kier alpha value is -3.36. The zero-order chi connectivity index (χ0) is 34.0. The Morgan fingerprint density at radius 3 is 2.41 bits per heavy atom. The van der Waals surface area contributed by atoms with E-state index in [4.69, 9.17) is 14.5 Å². The molecule has 0 bridgehead atoms. The van der Waals surface area contributed by atoms with E-state index in [2.05, 4.69) is 18.8 Å². The molecule has 0 aliphatic heterocycles. The number of methoxy groups -OCH3 is 1. The SMILES string of the molecule is C=C(OC1CC(CC(=O)C(NC(=O)O)C(C)(C)C)C(C)C(C(=O)O)C1)C(CCCCCC1CC1)=Nc1ccc(OC)cc1CCC. The topological polar surface area (TPSA) is 135 Å². The van der Waals surface area contributed by atoms with Crippen LogP contribution in [0.25, 0.3) is 0 Å². The molecule has 0 aromatic heterocycles. The second-order valence-electron chi connectivity index (χ2n) is 14.5. The maximum Gasteiger partial charge on any atom is 0.405 e. The van der Waals surface area contributed by atoms with E-state index in [9.17, 15) is 24.6 Å². The normalized spacial score (nSPS) is 22.5. The van der Waals surface area contributed by atoms with E-state index in [1.54, 1.807) is 7.11 Å². The lowest BCUT2D eigenvalue weighted by Gasteiger charge is -2.39. The number of carbonyl (C=O) groups excluding carboxylic acids is 1. The number of aliphatic carboxylic acids is 1. The van der Waals surface area contributed by atoms with Gasteiger partial charge in [0.15, 0.2) is 5.78 Å². The van der Waals surface area contributed by atoms with Gasteiger partial charge in [0, 0.05) is 6.42 Å². The first-order valence-electron chi connectivity index (χ1n) is 17.1. The van der Waals surface area contributed by atoms with Crippen LogP contribution in [0.3, 0.4) is 0 Å². The number of amides is 1. The summed E-state index contributed by atoms with van der Waals surface area (Å²) in [5.41, 5.74) is 2.06. The van der Waals surface area contributed by atoms with Gasteiger partial charge in [-0.1, -0.05) is 79.7 Å². The van der Waals surface area contributed by atoms with Crippen LogP contribution < -0.4 is 10.1 Å². The van der Waals surface area contributed by atoms with Gasteiger partial charge in [-0.05, 0) is 79.0 Å². The third-order valence-corrected chi connectivity index (χ3v) is 9.61. The van der Waals surface area contributed by atoms with Gasteiger partial charge < -0.3 is 25.0 Å². The molecule has 256 valence electrons. The van der Waals surface area contributed by atoms with Crippen molar-refractivity contribution in [3.63, 3.8) is 0 Å². The van der Waals surface area contributed by atoms with Crippen LogP contribution in [0.4, 0.5) is 10.5 Å². The Balaban J connectivity index is 1.82. The molecule has 0 saturated heterocycles. The minimum Gasteiger partial charge on any atom is -0.497 e. The number of rotatable bonds is 18. The van der Waals surface area contributed by atoms with Gasteiger partial charge in [0.05, 0.1) is 36.6 Å². The number of aliphatic imine (C=N–C) groups is 1. The van der Waals surface area contributed by atoms with E-state index in [-0.39, 0.29) is 24.0 Å². The largest absolute Gasteiger partial charge is 0.497 e. The zero-order valence-electron chi connectivity index (χ0n) is 28.8. The van der Waals surface area contributed by atoms with E-state index in [1.807, 2.05) is 45.9 Å². The van der Waals surface area contributed by atoms with Crippen molar-refractivity contribution in [1.82, 2.24) is 5.32 Å². The predicted molar refractivity (Wildman–Crippen MR) is 181 cm³/mol. The molecule has 0 spiro atoms. The number of benzene rings is 1. The molecule has 2 fully saturated rings. The molecule has 0 radical (unpaired) electrons. The van der Waals surface area contributed by atoms with Gasteiger partial charge in [-0.2, -0.15) is 0 Å². The molecule has 3 N–H and O–H groups in total. The van der Waals surface area contributed by atoms with Crippen LogP contribution in [-0.2, 0) is 20.7 Å². The van der Waals surface area contributed by atoms with Crippen LogP contribution in [0.2, 0.25) is 0 Å². The van der Waals surface area contributed by atoms with Gasteiger partial charge in [-0.3, -0.25) is 9.59 Å². The fourth-order valence-corrected chi connectivity index (χ4v) is 6.69. The average Bonchev–Trinajstić information content (AvgIpc) is 3.81. The summed E-state index contributed by atoms with van der Waals surface area (Å²) in [5.74, 6) is -0.324. The smallest absolute Gasteiger partial charge is 0.405 e. The molecule has 3 rings (SSSR count). The first kappa shape index (κ1) is 37.1. The lowest BCUT2D eigenvalue weighted by Crippen LogP contribution is -2.50. The number of carboxylic acids is 1. The van der Waals surface area contributed by atoms with E-state index in [0.29, 0.717) is 25.0 Å². The zero-order valence-corrected chi connectivity index (χ0v) is 28.8. The van der Waals surface area contributed by atoms with Crippen molar-refractivity contribution in [2.45, 2.75) is 124 Å². The van der Waals surface area contributed by atoms with Crippen molar-refractivity contribution in [1.29, 1.82) is 0 Å². The molecule has 0 heterocycles. The van der Waals surface area contributed by atoms with Crippen LogP contribution in [0.1, 0.15) is 111 Å². The van der Waals surface area contributed by atoms with Gasteiger partial charge in [0.1, 0.15) is 11.5 Å². The first-order valence-corrected chi connectivity index (χ1v) is 17.1. The number of nitrogens with one attached hydrogen (secondary N) is 1. The number of carboxylic acid groups (broad SMARTS) is 2. The number of hydrogen-bond acceptors (Lipinski definition) is 6. The number of allylic oxidation sites excluding steroid dienone is 1. The number of nitrogens with zero attached hydrogens (tertiary/aromatic N) is 1. The van der Waals surface area contributed by atoms with Crippen LogP contribution in [0, 0.1) is 29.1 Å². The Bertz CT molecular complexity index is 1250. The average molecular weight is 641 g/mol. The number of aryl methyl sites for hydroxylation is 1. The summed E-state index contributed by atoms with van der Waals surface area (Å²) in [6.07, 6.45) is 8.83. The monoisotopic (exact) mass is 640 g/mol. The molecule has 9 heteroatoms. The van der Waals surface area contributed by atoms with Gasteiger partial charge >= 0.3 is 12.1 Å². The van der Waals surface area contributed by atoms with Gasteiger partial charge in [-0.25, -0.2) is 9.79 Å². The van der Waals surface area contributed by atoms with Gasteiger partial charge in [-0.15, -0.1) is 0 Å².